The molecule has 0 aliphatic heterocycles. The van der Waals surface area contributed by atoms with E-state index in [4.69, 9.17) is 34.3 Å². The third kappa shape index (κ3) is 3.66. The van der Waals surface area contributed by atoms with Crippen LogP contribution in [0.5, 0.6) is 5.75 Å². The number of nitrogens with two attached hydrogens (primary N) is 1. The van der Waals surface area contributed by atoms with Gasteiger partial charge in [-0.05, 0) is 30.3 Å². The van der Waals surface area contributed by atoms with Gasteiger partial charge in [-0.2, -0.15) is 0 Å². The normalized spacial score (nSPS) is 10.2. The van der Waals surface area contributed by atoms with Crippen LogP contribution in [-0.4, -0.2) is 4.99 Å². The Bertz CT molecular complexity index is 601. The first-order valence-corrected chi connectivity index (χ1v) is 6.31. The lowest BCUT2D eigenvalue weighted by atomic mass is 10.1. The number of benzene rings is 2. The predicted molar refractivity (Wildman–Crippen MR) is 78.1 cm³/mol. The van der Waals surface area contributed by atoms with Gasteiger partial charge in [0, 0.05) is 16.1 Å². The summed E-state index contributed by atoms with van der Waals surface area (Å²) < 4.78 is 19.2. The number of hydrogen-bond acceptors (Lipinski definition) is 2. The van der Waals surface area contributed by atoms with Crippen LogP contribution in [0.2, 0.25) is 5.02 Å². The zero-order chi connectivity index (χ0) is 13.8. The molecule has 0 unspecified atom stereocenters. The van der Waals surface area contributed by atoms with Gasteiger partial charge in [-0.25, -0.2) is 4.39 Å². The number of ether oxygens (including phenoxy) is 1. The van der Waals surface area contributed by atoms with Crippen molar-refractivity contribution in [3.8, 4) is 5.75 Å². The molecule has 0 spiro atoms. The Balaban J connectivity index is 2.07. The van der Waals surface area contributed by atoms with Crippen LogP contribution in [0.25, 0.3) is 0 Å². The van der Waals surface area contributed by atoms with Gasteiger partial charge in [-0.15, -0.1) is 0 Å². The van der Waals surface area contributed by atoms with E-state index in [0.29, 0.717) is 21.9 Å². The number of rotatable bonds is 4. The highest BCUT2D eigenvalue weighted by Crippen LogP contribution is 2.18. The van der Waals surface area contributed by atoms with Crippen molar-refractivity contribution in [2.75, 3.05) is 0 Å². The van der Waals surface area contributed by atoms with Crippen molar-refractivity contribution in [3.63, 3.8) is 0 Å². The second kappa shape index (κ2) is 5.99. The summed E-state index contributed by atoms with van der Waals surface area (Å²) in [5.41, 5.74) is 6.38. The summed E-state index contributed by atoms with van der Waals surface area (Å²) >= 11 is 10.5. The molecule has 0 fully saturated rings. The molecule has 2 aromatic carbocycles. The second-order valence-corrected chi connectivity index (χ2v) is 4.79. The number of thiocarbonyl (C=S) groups is 1. The largest absolute Gasteiger partial charge is 0.489 e. The Morgan fingerprint density at radius 3 is 2.47 bits per heavy atom. The molecular formula is C14H11ClFNOS. The van der Waals surface area contributed by atoms with E-state index in [-0.39, 0.29) is 17.4 Å². The highest BCUT2D eigenvalue weighted by Gasteiger charge is 2.06. The maximum Gasteiger partial charge on any atom is 0.130 e. The molecule has 0 atom stereocenters. The molecular weight excluding hydrogens is 285 g/mol. The van der Waals surface area contributed by atoms with Crippen LogP contribution in [0.15, 0.2) is 42.5 Å². The predicted octanol–water partition coefficient (Wildman–Crippen LogP) is 3.69. The van der Waals surface area contributed by atoms with Crippen LogP contribution in [0.4, 0.5) is 4.39 Å². The first-order chi connectivity index (χ1) is 9.06. The fraction of sp³-hybridized carbons (Fsp3) is 0.0714. The average molecular weight is 296 g/mol. The molecule has 2 nitrogen and oxygen atoms in total. The van der Waals surface area contributed by atoms with Crippen molar-refractivity contribution in [3.05, 3.63) is 64.4 Å². The van der Waals surface area contributed by atoms with Crippen LogP contribution in [0.1, 0.15) is 11.1 Å². The summed E-state index contributed by atoms with van der Waals surface area (Å²) in [6, 6.07) is 11.5. The minimum Gasteiger partial charge on any atom is -0.489 e. The first kappa shape index (κ1) is 13.8. The molecule has 0 radical (unpaired) electrons. The topological polar surface area (TPSA) is 35.2 Å². The van der Waals surface area contributed by atoms with Crippen molar-refractivity contribution >= 4 is 28.8 Å². The molecule has 2 rings (SSSR count). The van der Waals surface area contributed by atoms with Gasteiger partial charge in [-0.1, -0.05) is 36.0 Å². The molecule has 0 aromatic heterocycles. The van der Waals surface area contributed by atoms with Gasteiger partial charge in [0.05, 0.1) is 0 Å². The third-order valence-corrected chi connectivity index (χ3v) is 3.03. The SMILES string of the molecule is NC(=S)c1ccc(COc2ccc(Cl)cc2)c(F)c1. The van der Waals surface area contributed by atoms with Gasteiger partial charge >= 0.3 is 0 Å². The Labute approximate surface area is 120 Å². The summed E-state index contributed by atoms with van der Waals surface area (Å²) in [7, 11) is 0. The van der Waals surface area contributed by atoms with E-state index in [9.17, 15) is 4.39 Å². The third-order valence-electron chi connectivity index (χ3n) is 2.55. The van der Waals surface area contributed by atoms with E-state index < -0.39 is 0 Å². The molecule has 0 aliphatic carbocycles. The maximum absolute atomic E-state index is 13.8. The minimum atomic E-state index is -0.390. The number of halogens is 2. The standard InChI is InChI=1S/C14H11ClFNOS/c15-11-3-5-12(6-4-11)18-8-10-2-1-9(14(17)19)7-13(10)16/h1-7H,8H2,(H2,17,19). The zero-order valence-electron chi connectivity index (χ0n) is 9.90. The monoisotopic (exact) mass is 295 g/mol. The fourth-order valence-corrected chi connectivity index (χ4v) is 1.76. The van der Waals surface area contributed by atoms with Crippen molar-refractivity contribution in [2.24, 2.45) is 5.73 Å². The molecule has 19 heavy (non-hydrogen) atoms. The van der Waals surface area contributed by atoms with Gasteiger partial charge in [0.25, 0.3) is 0 Å². The molecule has 98 valence electrons. The van der Waals surface area contributed by atoms with Crippen LogP contribution in [-0.2, 0) is 6.61 Å². The molecule has 0 amide bonds. The molecule has 2 aromatic rings. The van der Waals surface area contributed by atoms with Crippen molar-refractivity contribution in [2.45, 2.75) is 6.61 Å². The van der Waals surface area contributed by atoms with Crippen molar-refractivity contribution in [1.29, 1.82) is 0 Å². The average Bonchev–Trinajstić information content (AvgIpc) is 2.39. The summed E-state index contributed by atoms with van der Waals surface area (Å²) in [6.07, 6.45) is 0. The van der Waals surface area contributed by atoms with Crippen molar-refractivity contribution < 1.29 is 9.13 Å². The van der Waals surface area contributed by atoms with Crippen LogP contribution >= 0.6 is 23.8 Å². The molecule has 2 N–H and O–H groups in total. The highest BCUT2D eigenvalue weighted by atomic mass is 35.5. The van der Waals surface area contributed by atoms with Gasteiger partial charge in [0.15, 0.2) is 0 Å². The smallest absolute Gasteiger partial charge is 0.130 e. The van der Waals surface area contributed by atoms with Gasteiger partial charge in [0.1, 0.15) is 23.2 Å². The molecule has 0 saturated carbocycles. The lowest BCUT2D eigenvalue weighted by Gasteiger charge is -2.08. The fourth-order valence-electron chi connectivity index (χ4n) is 1.51. The van der Waals surface area contributed by atoms with E-state index in [1.54, 1.807) is 36.4 Å². The van der Waals surface area contributed by atoms with E-state index >= 15 is 0 Å². The maximum atomic E-state index is 13.8. The molecule has 0 heterocycles. The van der Waals surface area contributed by atoms with E-state index in [0.717, 1.165) is 0 Å². The van der Waals surface area contributed by atoms with Gasteiger partial charge in [-0.3, -0.25) is 0 Å². The second-order valence-electron chi connectivity index (χ2n) is 3.91. The van der Waals surface area contributed by atoms with Gasteiger partial charge < -0.3 is 10.5 Å². The first-order valence-electron chi connectivity index (χ1n) is 5.53. The Hall–Kier alpha value is -1.65. The minimum absolute atomic E-state index is 0.130. The van der Waals surface area contributed by atoms with Crippen LogP contribution in [0.3, 0.4) is 0 Å². The molecule has 0 bridgehead atoms. The van der Waals surface area contributed by atoms with E-state index in [2.05, 4.69) is 0 Å². The van der Waals surface area contributed by atoms with Crippen LogP contribution < -0.4 is 10.5 Å². The summed E-state index contributed by atoms with van der Waals surface area (Å²) in [5.74, 6) is 0.237. The summed E-state index contributed by atoms with van der Waals surface area (Å²) in [6.45, 7) is 0.130. The van der Waals surface area contributed by atoms with Gasteiger partial charge in [0.2, 0.25) is 0 Å². The van der Waals surface area contributed by atoms with E-state index in [1.807, 2.05) is 0 Å². The quantitative estimate of drug-likeness (QED) is 0.874. The Morgan fingerprint density at radius 2 is 1.89 bits per heavy atom. The van der Waals surface area contributed by atoms with Crippen molar-refractivity contribution in [1.82, 2.24) is 0 Å². The molecule has 0 aliphatic rings. The molecule has 5 heteroatoms. The summed E-state index contributed by atoms with van der Waals surface area (Å²) in [5, 5.41) is 0.624. The van der Waals surface area contributed by atoms with Crippen LogP contribution in [0, 0.1) is 5.82 Å². The number of hydrogen-bond donors (Lipinski definition) is 1. The zero-order valence-corrected chi connectivity index (χ0v) is 11.5. The lowest BCUT2D eigenvalue weighted by Crippen LogP contribution is -2.10. The van der Waals surface area contributed by atoms with E-state index in [1.165, 1.54) is 6.07 Å². The lowest BCUT2D eigenvalue weighted by molar-refractivity contribution is 0.300. The Kier molecular flexibility index (Phi) is 4.35. The Morgan fingerprint density at radius 1 is 1.21 bits per heavy atom. The highest BCUT2D eigenvalue weighted by molar-refractivity contribution is 7.80. The summed E-state index contributed by atoms with van der Waals surface area (Å²) in [4.78, 5) is 0.170. The molecule has 0 saturated heterocycles.